The molecule has 0 fully saturated rings. The summed E-state index contributed by atoms with van der Waals surface area (Å²) in [5.74, 6) is 0. The maximum Gasteiger partial charge on any atom is -0.00921 e. The summed E-state index contributed by atoms with van der Waals surface area (Å²) >= 11 is 0. The van der Waals surface area contributed by atoms with E-state index in [4.69, 9.17) is 0 Å². The van der Waals surface area contributed by atoms with Gasteiger partial charge in [0, 0.05) is 0 Å². The second-order valence-electron chi connectivity index (χ2n) is 4.65. The predicted octanol–water partition coefficient (Wildman–Crippen LogP) is 4.61. The second kappa shape index (κ2) is 2.05. The van der Waals surface area contributed by atoms with Crippen LogP contribution in [0.15, 0.2) is 48.5 Å². The van der Waals surface area contributed by atoms with E-state index in [0.717, 1.165) is 0 Å². The van der Waals surface area contributed by atoms with Gasteiger partial charge in [-0.2, -0.15) is 0 Å². The van der Waals surface area contributed by atoms with Crippen LogP contribution in [0.25, 0.3) is 43.1 Å². The monoisotopic (exact) mass is 200 g/mol. The Morgan fingerprint density at radius 1 is 0.375 bits per heavy atom. The Kier molecular flexibility index (Phi) is 0.927. The van der Waals surface area contributed by atoms with Crippen LogP contribution in [0.1, 0.15) is 0 Å². The maximum absolute atomic E-state index is 2.31. The van der Waals surface area contributed by atoms with E-state index in [-0.39, 0.29) is 0 Å². The lowest BCUT2D eigenvalue weighted by Gasteiger charge is -1.88. The molecule has 5 rings (SSSR count). The van der Waals surface area contributed by atoms with Crippen LogP contribution in [-0.2, 0) is 0 Å². The Morgan fingerprint density at radius 3 is 1.12 bits per heavy atom. The first-order valence-corrected chi connectivity index (χ1v) is 5.64. The van der Waals surface area contributed by atoms with E-state index in [2.05, 4.69) is 48.5 Å². The van der Waals surface area contributed by atoms with Gasteiger partial charge in [-0.05, 0) is 55.2 Å². The van der Waals surface area contributed by atoms with Gasteiger partial charge in [0.15, 0.2) is 0 Å². The summed E-state index contributed by atoms with van der Waals surface area (Å²) in [4.78, 5) is 0. The fourth-order valence-corrected chi connectivity index (χ4v) is 2.89. The van der Waals surface area contributed by atoms with Crippen molar-refractivity contribution in [3.05, 3.63) is 48.5 Å². The van der Waals surface area contributed by atoms with E-state index in [9.17, 15) is 0 Å². The lowest BCUT2D eigenvalue weighted by Crippen LogP contribution is -1.59. The zero-order valence-electron chi connectivity index (χ0n) is 8.62. The van der Waals surface area contributed by atoms with Crippen LogP contribution in [0.4, 0.5) is 0 Å². The van der Waals surface area contributed by atoms with Crippen molar-refractivity contribution in [2.75, 3.05) is 0 Å². The Labute approximate surface area is 92.1 Å². The van der Waals surface area contributed by atoms with Gasteiger partial charge in [-0.1, -0.05) is 36.4 Å². The zero-order chi connectivity index (χ0) is 10.3. The first kappa shape index (κ1) is 7.24. The summed E-state index contributed by atoms with van der Waals surface area (Å²) < 4.78 is 0. The Morgan fingerprint density at radius 2 is 0.688 bits per heavy atom. The number of rotatable bonds is 0. The molecule has 0 saturated heterocycles. The number of fused-ring (bicyclic) bond motifs is 8. The topological polar surface area (TPSA) is 0 Å². The fourth-order valence-electron chi connectivity index (χ4n) is 2.89. The molecule has 0 heterocycles. The van der Waals surface area contributed by atoms with Gasteiger partial charge < -0.3 is 0 Å². The highest BCUT2D eigenvalue weighted by Gasteiger charge is 2.16. The summed E-state index contributed by atoms with van der Waals surface area (Å²) in [5, 5.41) is 11.5. The molecule has 0 radical (unpaired) electrons. The summed E-state index contributed by atoms with van der Waals surface area (Å²) in [7, 11) is 0. The highest BCUT2D eigenvalue weighted by molar-refractivity contribution is 6.36. The van der Waals surface area contributed by atoms with E-state index in [1.54, 1.807) is 0 Å². The third kappa shape index (κ3) is 0.674. The van der Waals surface area contributed by atoms with Crippen molar-refractivity contribution in [2.45, 2.75) is 0 Å². The van der Waals surface area contributed by atoms with Crippen LogP contribution < -0.4 is 0 Å². The van der Waals surface area contributed by atoms with Gasteiger partial charge in [0.25, 0.3) is 0 Å². The quantitative estimate of drug-likeness (QED) is 0.342. The van der Waals surface area contributed by atoms with Gasteiger partial charge in [-0.25, -0.2) is 0 Å². The van der Waals surface area contributed by atoms with Crippen molar-refractivity contribution in [1.82, 2.24) is 0 Å². The normalized spacial score (nSPS) is 13.0. The summed E-state index contributed by atoms with van der Waals surface area (Å²) in [6.07, 6.45) is 0. The molecule has 0 spiro atoms. The van der Waals surface area contributed by atoms with E-state index >= 15 is 0 Å². The molecule has 0 N–H and O–H groups in total. The van der Waals surface area contributed by atoms with Gasteiger partial charge in [0.2, 0.25) is 0 Å². The van der Waals surface area contributed by atoms with Crippen molar-refractivity contribution >= 4 is 43.1 Å². The van der Waals surface area contributed by atoms with Gasteiger partial charge in [-0.3, -0.25) is 0 Å². The van der Waals surface area contributed by atoms with Crippen LogP contribution in [0.5, 0.6) is 0 Å². The highest BCUT2D eigenvalue weighted by Crippen LogP contribution is 2.44. The first-order chi connectivity index (χ1) is 7.93. The lowest BCUT2D eigenvalue weighted by atomic mass is 10.1. The van der Waals surface area contributed by atoms with Crippen LogP contribution >= 0.6 is 0 Å². The molecule has 16 heavy (non-hydrogen) atoms. The molecule has 0 atom stereocenters. The van der Waals surface area contributed by atoms with Gasteiger partial charge in [0.1, 0.15) is 0 Å². The Bertz CT molecular complexity index is 851. The van der Waals surface area contributed by atoms with Gasteiger partial charge >= 0.3 is 0 Å². The lowest BCUT2D eigenvalue weighted by molar-refractivity contribution is 2.05. The van der Waals surface area contributed by atoms with E-state index in [1.165, 1.54) is 43.1 Å². The summed E-state index contributed by atoms with van der Waals surface area (Å²) in [6.45, 7) is 0. The Hall–Kier alpha value is -2.08. The molecule has 0 aromatic heterocycles. The first-order valence-electron chi connectivity index (χ1n) is 5.64. The molecule has 5 aromatic rings. The fraction of sp³-hybridized carbons (Fsp3) is 0. The molecular formula is C16H8. The van der Waals surface area contributed by atoms with Crippen molar-refractivity contribution in [3.8, 4) is 0 Å². The SMILES string of the molecule is c1cc2c3cccc3c3cc3c3cc3c2c1. The third-order valence-corrected chi connectivity index (χ3v) is 3.78. The highest BCUT2D eigenvalue weighted by atomic mass is 14.2. The molecule has 0 amide bonds. The van der Waals surface area contributed by atoms with Crippen molar-refractivity contribution in [3.63, 3.8) is 0 Å². The minimum Gasteiger partial charge on any atom is -0.0610 e. The number of hydrogen-bond donors (Lipinski definition) is 0. The molecule has 72 valence electrons. The summed E-state index contributed by atoms with van der Waals surface area (Å²) in [6, 6.07) is 17.9. The maximum atomic E-state index is 2.31. The third-order valence-electron chi connectivity index (χ3n) is 3.78. The van der Waals surface area contributed by atoms with Crippen molar-refractivity contribution in [2.24, 2.45) is 0 Å². The van der Waals surface area contributed by atoms with E-state index in [0.29, 0.717) is 0 Å². The molecule has 0 aliphatic heterocycles. The smallest absolute Gasteiger partial charge is 0.00921 e. The average molecular weight is 200 g/mol. The van der Waals surface area contributed by atoms with E-state index < -0.39 is 0 Å². The molecule has 0 nitrogen and oxygen atoms in total. The van der Waals surface area contributed by atoms with Gasteiger partial charge in [0.05, 0.1) is 0 Å². The molecule has 0 bridgehead atoms. The molecular weight excluding hydrogens is 192 g/mol. The molecule has 0 aliphatic carbocycles. The van der Waals surface area contributed by atoms with Crippen LogP contribution in [0.3, 0.4) is 0 Å². The summed E-state index contributed by atoms with van der Waals surface area (Å²) in [5.41, 5.74) is 0. The second-order valence-corrected chi connectivity index (χ2v) is 4.65. The predicted molar refractivity (Wildman–Crippen MR) is 70.0 cm³/mol. The zero-order valence-corrected chi connectivity index (χ0v) is 8.62. The standard InChI is InChI=1S/C16H8/c1-3-9-10-4-2-6-12(10)14-8-16(14)15-7-13(15)11(9)5-1/h1-8H. The van der Waals surface area contributed by atoms with E-state index in [1.807, 2.05) is 0 Å². The van der Waals surface area contributed by atoms with Crippen molar-refractivity contribution in [1.29, 1.82) is 0 Å². The van der Waals surface area contributed by atoms with Crippen molar-refractivity contribution < 1.29 is 0 Å². The molecule has 0 heteroatoms. The van der Waals surface area contributed by atoms with Gasteiger partial charge in [-0.15, -0.1) is 0 Å². The Balaban J connectivity index is 2.31. The molecule has 0 aliphatic rings. The molecule has 5 aromatic carbocycles. The average Bonchev–Trinajstić information content (AvgIpc) is 3.13. The largest absolute Gasteiger partial charge is 0.0610 e. The van der Waals surface area contributed by atoms with Crippen LogP contribution in [0, 0.1) is 0 Å². The minimum atomic E-state index is 1.40. The number of hydrogen-bond acceptors (Lipinski definition) is 0. The minimum absolute atomic E-state index is 1.40. The molecule has 0 unspecified atom stereocenters. The molecule has 0 saturated carbocycles. The van der Waals surface area contributed by atoms with Crippen LogP contribution in [-0.4, -0.2) is 0 Å². The van der Waals surface area contributed by atoms with Crippen LogP contribution in [0.2, 0.25) is 0 Å².